The number of hydrogen-bond acceptors (Lipinski definition) is 8. The molecule has 0 spiro atoms. The van der Waals surface area contributed by atoms with Crippen LogP contribution in [0.15, 0.2) is 30.7 Å². The second-order valence-electron chi connectivity index (χ2n) is 12.5. The number of amides is 3. The van der Waals surface area contributed by atoms with Gasteiger partial charge in [0.25, 0.3) is 5.91 Å². The molecular formula is C30H46N6O5. The van der Waals surface area contributed by atoms with E-state index in [1.54, 1.807) is 11.0 Å². The van der Waals surface area contributed by atoms with Crippen LogP contribution in [0, 0.1) is 22.7 Å². The molecule has 1 aromatic rings. The van der Waals surface area contributed by atoms with Crippen LogP contribution in [0.3, 0.4) is 0 Å². The maximum absolute atomic E-state index is 14.0. The van der Waals surface area contributed by atoms with Crippen LogP contribution in [0.25, 0.3) is 0 Å². The number of aliphatic hydroxyl groups is 1. The summed E-state index contributed by atoms with van der Waals surface area (Å²) < 4.78 is 5.77. The van der Waals surface area contributed by atoms with Gasteiger partial charge in [-0.25, -0.2) is 4.98 Å². The summed E-state index contributed by atoms with van der Waals surface area (Å²) >= 11 is 0. The molecule has 4 atom stereocenters. The number of nitrogens with zero attached hydrogens (tertiary/aromatic N) is 3. The molecule has 2 heterocycles. The summed E-state index contributed by atoms with van der Waals surface area (Å²) in [5.74, 6) is -1.04. The van der Waals surface area contributed by atoms with Crippen LogP contribution < -0.4 is 10.6 Å². The van der Waals surface area contributed by atoms with Gasteiger partial charge in [0.15, 0.2) is 0 Å². The number of carbonyl (C=O) groups excluding carboxylic acids is 3. The highest BCUT2D eigenvalue weighted by Crippen LogP contribution is 2.30. The maximum Gasteiger partial charge on any atom is 0.272 e. The number of ether oxygens (including phenoxy) is 1. The van der Waals surface area contributed by atoms with Crippen LogP contribution in [0.1, 0.15) is 83.6 Å². The van der Waals surface area contributed by atoms with Gasteiger partial charge < -0.3 is 25.4 Å². The molecule has 2 aliphatic rings. The Kier molecular flexibility index (Phi) is 11.4. The van der Waals surface area contributed by atoms with Crippen molar-refractivity contribution >= 4 is 23.6 Å². The second kappa shape index (κ2) is 14.5. The number of hydrogen-bond donors (Lipinski definition) is 4. The lowest BCUT2D eigenvalue weighted by molar-refractivity contribution is -0.141. The Morgan fingerprint density at radius 2 is 1.88 bits per heavy atom. The standard InChI is InChI=1S/C30H46N6O5/c1-19(2)11-12-24(31)41-22-15-21(18-37)36(17-22)29(40)26(30(3,4)5)35-28(39)25(20-9-7-6-8-10-20)34-27(38)23-16-32-13-14-33-23/h11-14,16,19-22,25-26,31,37H,6-10,15,17-18H2,1-5H3,(H,34,38)(H,35,39)/b12-11-,31-24?. The smallest absolute Gasteiger partial charge is 0.272 e. The first-order chi connectivity index (χ1) is 19.4. The highest BCUT2D eigenvalue weighted by molar-refractivity contribution is 5.97. The Hall–Kier alpha value is -3.34. The molecule has 1 aromatic heterocycles. The van der Waals surface area contributed by atoms with E-state index in [4.69, 9.17) is 10.1 Å². The molecule has 1 saturated heterocycles. The lowest BCUT2D eigenvalue weighted by atomic mass is 9.82. The predicted octanol–water partition coefficient (Wildman–Crippen LogP) is 2.85. The van der Waals surface area contributed by atoms with Crippen molar-refractivity contribution in [2.75, 3.05) is 13.2 Å². The zero-order chi connectivity index (χ0) is 30.2. The molecule has 11 nitrogen and oxygen atoms in total. The van der Waals surface area contributed by atoms with Gasteiger partial charge in [-0.1, -0.05) is 60.0 Å². The summed E-state index contributed by atoms with van der Waals surface area (Å²) in [4.78, 5) is 50.3. The molecule has 3 rings (SSSR count). The van der Waals surface area contributed by atoms with Gasteiger partial charge in [0.1, 0.15) is 23.9 Å². The number of rotatable bonds is 10. The first-order valence-electron chi connectivity index (χ1n) is 14.6. The topological polar surface area (TPSA) is 158 Å². The van der Waals surface area contributed by atoms with E-state index in [0.717, 1.165) is 32.1 Å². The number of aromatic nitrogens is 2. The largest absolute Gasteiger partial charge is 0.473 e. The molecular weight excluding hydrogens is 524 g/mol. The molecule has 3 amide bonds. The number of allylic oxidation sites excluding steroid dienone is 1. The molecule has 4 unspecified atom stereocenters. The average Bonchev–Trinajstić information content (AvgIpc) is 3.36. The zero-order valence-electron chi connectivity index (χ0n) is 24.9. The molecule has 226 valence electrons. The molecule has 1 aliphatic carbocycles. The van der Waals surface area contributed by atoms with Gasteiger partial charge in [0.05, 0.1) is 25.4 Å². The van der Waals surface area contributed by atoms with E-state index in [0.29, 0.717) is 6.42 Å². The Morgan fingerprint density at radius 1 is 1.17 bits per heavy atom. The quantitative estimate of drug-likeness (QED) is 0.249. The van der Waals surface area contributed by atoms with E-state index in [2.05, 4.69) is 20.6 Å². The van der Waals surface area contributed by atoms with Crippen LogP contribution in [0.4, 0.5) is 0 Å². The first-order valence-corrected chi connectivity index (χ1v) is 14.6. The van der Waals surface area contributed by atoms with E-state index in [-0.39, 0.29) is 42.5 Å². The highest BCUT2D eigenvalue weighted by Gasteiger charge is 2.44. The fraction of sp³-hybridized carbons (Fsp3) is 0.667. The van der Waals surface area contributed by atoms with Gasteiger partial charge in [-0.3, -0.25) is 24.8 Å². The van der Waals surface area contributed by atoms with Gasteiger partial charge in [-0.15, -0.1) is 0 Å². The Morgan fingerprint density at radius 3 is 2.46 bits per heavy atom. The van der Waals surface area contributed by atoms with Gasteiger partial charge in [0, 0.05) is 18.8 Å². The fourth-order valence-corrected chi connectivity index (χ4v) is 5.44. The van der Waals surface area contributed by atoms with Crippen LogP contribution in [0.2, 0.25) is 0 Å². The summed E-state index contributed by atoms with van der Waals surface area (Å²) in [6, 6.07) is -2.25. The highest BCUT2D eigenvalue weighted by atomic mass is 16.5. The third-order valence-corrected chi connectivity index (χ3v) is 7.68. The van der Waals surface area contributed by atoms with E-state index in [1.807, 2.05) is 40.7 Å². The molecule has 0 radical (unpaired) electrons. The normalized spacial score (nSPS) is 21.5. The number of nitrogens with one attached hydrogen (secondary N) is 3. The van der Waals surface area contributed by atoms with Crippen LogP contribution in [-0.4, -0.2) is 81.0 Å². The SMILES string of the molecule is CC(C)/C=C\C(=N)OC1CC(CO)N(C(=O)C(NC(=O)C(NC(=O)c2cnccn2)C2CCCCC2)C(C)(C)C)C1. The van der Waals surface area contributed by atoms with Crippen molar-refractivity contribution in [3.8, 4) is 0 Å². The van der Waals surface area contributed by atoms with Crippen molar-refractivity contribution in [1.82, 2.24) is 25.5 Å². The van der Waals surface area contributed by atoms with Gasteiger partial charge in [-0.05, 0) is 36.2 Å². The Balaban J connectivity index is 1.78. The Bertz CT molecular complexity index is 1080. The monoisotopic (exact) mass is 570 g/mol. The van der Waals surface area contributed by atoms with E-state index < -0.39 is 41.5 Å². The second-order valence-corrected chi connectivity index (χ2v) is 12.5. The molecule has 2 fully saturated rings. The lowest BCUT2D eigenvalue weighted by Gasteiger charge is -2.37. The molecule has 0 aromatic carbocycles. The Labute approximate surface area is 243 Å². The van der Waals surface area contributed by atoms with Crippen molar-refractivity contribution in [2.45, 2.75) is 97.4 Å². The van der Waals surface area contributed by atoms with Crippen molar-refractivity contribution in [2.24, 2.45) is 17.3 Å². The van der Waals surface area contributed by atoms with E-state index >= 15 is 0 Å². The maximum atomic E-state index is 14.0. The molecule has 11 heteroatoms. The molecule has 0 bridgehead atoms. The number of aliphatic hydroxyl groups excluding tert-OH is 1. The van der Waals surface area contributed by atoms with Crippen LogP contribution >= 0.6 is 0 Å². The van der Waals surface area contributed by atoms with Crippen molar-refractivity contribution in [1.29, 1.82) is 5.41 Å². The minimum Gasteiger partial charge on any atom is -0.473 e. The summed E-state index contributed by atoms with van der Waals surface area (Å²) in [6.07, 6.45) is 12.2. The number of carbonyl (C=O) groups is 3. The molecule has 4 N–H and O–H groups in total. The van der Waals surface area contributed by atoms with Crippen molar-refractivity contribution < 1.29 is 24.2 Å². The van der Waals surface area contributed by atoms with E-state index in [1.165, 1.54) is 18.6 Å². The molecule has 1 aliphatic heterocycles. The van der Waals surface area contributed by atoms with Crippen LogP contribution in [-0.2, 0) is 14.3 Å². The minimum absolute atomic E-state index is 0.00420. The fourth-order valence-electron chi connectivity index (χ4n) is 5.44. The summed E-state index contributed by atoms with van der Waals surface area (Å²) in [5, 5.41) is 24.0. The summed E-state index contributed by atoms with van der Waals surface area (Å²) in [7, 11) is 0. The molecule has 41 heavy (non-hydrogen) atoms. The van der Waals surface area contributed by atoms with Gasteiger partial charge >= 0.3 is 0 Å². The predicted molar refractivity (Wildman–Crippen MR) is 155 cm³/mol. The van der Waals surface area contributed by atoms with Crippen LogP contribution in [0.5, 0.6) is 0 Å². The third-order valence-electron chi connectivity index (χ3n) is 7.68. The van der Waals surface area contributed by atoms with E-state index in [9.17, 15) is 19.5 Å². The lowest BCUT2D eigenvalue weighted by Crippen LogP contribution is -2.60. The van der Waals surface area contributed by atoms with Gasteiger partial charge in [-0.2, -0.15) is 0 Å². The summed E-state index contributed by atoms with van der Waals surface area (Å²) in [5.41, 5.74) is -0.544. The van der Waals surface area contributed by atoms with Crippen molar-refractivity contribution in [3.05, 3.63) is 36.4 Å². The summed E-state index contributed by atoms with van der Waals surface area (Å²) in [6.45, 7) is 9.55. The van der Waals surface area contributed by atoms with Crippen molar-refractivity contribution in [3.63, 3.8) is 0 Å². The minimum atomic E-state index is -0.914. The zero-order valence-corrected chi connectivity index (χ0v) is 24.9. The first kappa shape index (κ1) is 32.2. The van der Waals surface area contributed by atoms with Gasteiger partial charge in [0.2, 0.25) is 17.7 Å². The number of likely N-dealkylation sites (tertiary alicyclic amines) is 1. The molecule has 1 saturated carbocycles. The third kappa shape index (κ3) is 9.08. The average molecular weight is 571 g/mol.